The number of aromatic nitrogens is 2. The summed E-state index contributed by atoms with van der Waals surface area (Å²) in [5.74, 6) is -0.737. The second kappa shape index (κ2) is 7.64. The summed E-state index contributed by atoms with van der Waals surface area (Å²) in [6.45, 7) is 1.82. The lowest BCUT2D eigenvalue weighted by Crippen LogP contribution is -2.22. The minimum Gasteiger partial charge on any atom is -0.476 e. The van der Waals surface area contributed by atoms with Crippen molar-refractivity contribution in [3.63, 3.8) is 0 Å². The molecule has 2 aromatic rings. The van der Waals surface area contributed by atoms with E-state index in [0.29, 0.717) is 17.3 Å². The van der Waals surface area contributed by atoms with Gasteiger partial charge in [-0.2, -0.15) is 0 Å². The number of carboxylic acid groups (broad SMARTS) is 1. The highest BCUT2D eigenvalue weighted by Gasteiger charge is 2.27. The van der Waals surface area contributed by atoms with E-state index in [1.807, 2.05) is 19.1 Å². The van der Waals surface area contributed by atoms with E-state index in [2.05, 4.69) is 22.1 Å². The number of ether oxygens (including phenoxy) is 1. The molecule has 6 nitrogen and oxygen atoms in total. The maximum Gasteiger partial charge on any atom is 0.356 e. The third-order valence-corrected chi connectivity index (χ3v) is 5.09. The van der Waals surface area contributed by atoms with Crippen molar-refractivity contribution in [1.29, 1.82) is 0 Å². The quantitative estimate of drug-likeness (QED) is 0.844. The van der Waals surface area contributed by atoms with Crippen molar-refractivity contribution >= 4 is 11.9 Å². The third kappa shape index (κ3) is 3.74. The lowest BCUT2D eigenvalue weighted by Gasteiger charge is -2.27. The molecule has 0 atom stereocenters. The van der Waals surface area contributed by atoms with Gasteiger partial charge >= 0.3 is 11.9 Å². The number of nitrogens with zero attached hydrogens (tertiary/aromatic N) is 2. The molecule has 0 spiro atoms. The van der Waals surface area contributed by atoms with E-state index in [1.165, 1.54) is 18.9 Å². The molecule has 0 unspecified atom stereocenters. The van der Waals surface area contributed by atoms with E-state index in [9.17, 15) is 9.59 Å². The summed E-state index contributed by atoms with van der Waals surface area (Å²) in [5.41, 5.74) is 3.31. The minimum atomic E-state index is -1.09. The van der Waals surface area contributed by atoms with Crippen molar-refractivity contribution in [2.75, 3.05) is 7.11 Å². The van der Waals surface area contributed by atoms with Crippen LogP contribution in [0.3, 0.4) is 0 Å². The molecular formula is C20H22N2O4. The Morgan fingerprint density at radius 1 is 1.12 bits per heavy atom. The molecule has 136 valence electrons. The summed E-state index contributed by atoms with van der Waals surface area (Å²) in [6, 6.07) is 8.05. The topological polar surface area (TPSA) is 89.4 Å². The van der Waals surface area contributed by atoms with Gasteiger partial charge in [-0.1, -0.05) is 24.3 Å². The van der Waals surface area contributed by atoms with Crippen molar-refractivity contribution in [3.8, 4) is 11.3 Å². The molecule has 1 aliphatic rings. The summed E-state index contributed by atoms with van der Waals surface area (Å²) >= 11 is 0. The van der Waals surface area contributed by atoms with Crippen molar-refractivity contribution in [2.45, 2.75) is 38.5 Å². The number of carbonyl (C=O) groups excluding carboxylic acids is 1. The molecule has 1 N–H and O–H groups in total. The van der Waals surface area contributed by atoms with Crippen molar-refractivity contribution in [3.05, 3.63) is 47.4 Å². The third-order valence-electron chi connectivity index (χ3n) is 5.09. The first kappa shape index (κ1) is 18.0. The van der Waals surface area contributed by atoms with Crippen LogP contribution in [0.15, 0.2) is 30.5 Å². The lowest BCUT2D eigenvalue weighted by molar-refractivity contribution is -0.146. The standard InChI is InChI=1S/C20H22N2O4/c1-12-18(22-17(11-21-12)19(23)24)15-7-3-13(4-8-15)14-5-9-16(10-6-14)20(25)26-2/h3-4,7-8,11,14,16H,5-6,9-10H2,1-2H3,(H,23,24). The van der Waals surface area contributed by atoms with Crippen LogP contribution in [0.4, 0.5) is 0 Å². The molecule has 1 aliphatic carbocycles. The normalized spacial score (nSPS) is 19.8. The number of rotatable bonds is 4. The van der Waals surface area contributed by atoms with Crippen LogP contribution in [0.1, 0.15) is 53.3 Å². The lowest BCUT2D eigenvalue weighted by atomic mass is 9.78. The highest BCUT2D eigenvalue weighted by Crippen LogP contribution is 2.36. The average molecular weight is 354 g/mol. The summed E-state index contributed by atoms with van der Waals surface area (Å²) in [6.07, 6.45) is 4.91. The van der Waals surface area contributed by atoms with Crippen LogP contribution in [0.5, 0.6) is 0 Å². The number of benzene rings is 1. The maximum absolute atomic E-state index is 11.6. The Morgan fingerprint density at radius 3 is 2.35 bits per heavy atom. The van der Waals surface area contributed by atoms with Gasteiger partial charge in [0.1, 0.15) is 0 Å². The molecule has 1 heterocycles. The van der Waals surface area contributed by atoms with Gasteiger partial charge in [0.05, 0.1) is 30.6 Å². The first-order valence-electron chi connectivity index (χ1n) is 8.74. The van der Waals surface area contributed by atoms with Gasteiger partial charge in [-0.05, 0) is 44.1 Å². The number of hydrogen-bond acceptors (Lipinski definition) is 5. The first-order chi connectivity index (χ1) is 12.5. The largest absolute Gasteiger partial charge is 0.476 e. The SMILES string of the molecule is COC(=O)C1CCC(c2ccc(-c3nc(C(=O)O)cnc3C)cc2)CC1. The summed E-state index contributed by atoms with van der Waals surface area (Å²) in [5, 5.41) is 9.10. The summed E-state index contributed by atoms with van der Waals surface area (Å²) in [7, 11) is 1.44. The Hall–Kier alpha value is -2.76. The fourth-order valence-electron chi connectivity index (χ4n) is 3.57. The Balaban J connectivity index is 1.75. The molecule has 0 saturated heterocycles. The molecule has 0 radical (unpaired) electrons. The smallest absolute Gasteiger partial charge is 0.356 e. The van der Waals surface area contributed by atoms with Crippen molar-refractivity contribution < 1.29 is 19.4 Å². The van der Waals surface area contributed by atoms with Crippen LogP contribution >= 0.6 is 0 Å². The van der Waals surface area contributed by atoms with Crippen LogP contribution < -0.4 is 0 Å². The van der Waals surface area contributed by atoms with E-state index in [-0.39, 0.29) is 17.6 Å². The van der Waals surface area contributed by atoms with Crippen molar-refractivity contribution in [2.24, 2.45) is 5.92 Å². The predicted octanol–water partition coefficient (Wildman–Crippen LogP) is 3.60. The number of methoxy groups -OCH3 is 1. The predicted molar refractivity (Wildman–Crippen MR) is 95.9 cm³/mol. The van der Waals surface area contributed by atoms with E-state index in [0.717, 1.165) is 31.2 Å². The molecule has 1 saturated carbocycles. The zero-order valence-electron chi connectivity index (χ0n) is 14.9. The van der Waals surface area contributed by atoms with Gasteiger partial charge in [-0.3, -0.25) is 9.78 Å². The summed E-state index contributed by atoms with van der Waals surface area (Å²) in [4.78, 5) is 31.1. The number of aromatic carboxylic acids is 1. The molecule has 3 rings (SSSR count). The summed E-state index contributed by atoms with van der Waals surface area (Å²) < 4.78 is 4.84. The number of esters is 1. The Labute approximate surface area is 152 Å². The zero-order valence-corrected chi connectivity index (χ0v) is 14.9. The number of hydrogen-bond donors (Lipinski definition) is 1. The van der Waals surface area contributed by atoms with E-state index >= 15 is 0 Å². The van der Waals surface area contributed by atoms with E-state index in [4.69, 9.17) is 9.84 Å². The number of aryl methyl sites for hydroxylation is 1. The molecule has 1 aromatic carbocycles. The van der Waals surface area contributed by atoms with E-state index < -0.39 is 5.97 Å². The average Bonchev–Trinajstić information content (AvgIpc) is 2.68. The van der Waals surface area contributed by atoms with Gasteiger partial charge in [0.2, 0.25) is 0 Å². The van der Waals surface area contributed by atoms with Gasteiger partial charge in [-0.15, -0.1) is 0 Å². The highest BCUT2D eigenvalue weighted by molar-refractivity contribution is 5.85. The molecule has 0 aliphatic heterocycles. The van der Waals surface area contributed by atoms with E-state index in [1.54, 1.807) is 0 Å². The highest BCUT2D eigenvalue weighted by atomic mass is 16.5. The molecule has 26 heavy (non-hydrogen) atoms. The van der Waals surface area contributed by atoms with Crippen LogP contribution in [0, 0.1) is 12.8 Å². The second-order valence-corrected chi connectivity index (χ2v) is 6.69. The fourth-order valence-corrected chi connectivity index (χ4v) is 3.57. The van der Waals surface area contributed by atoms with Crippen LogP contribution in [-0.4, -0.2) is 34.1 Å². The zero-order chi connectivity index (χ0) is 18.7. The molecule has 0 bridgehead atoms. The van der Waals surface area contributed by atoms with Gasteiger partial charge in [0.15, 0.2) is 5.69 Å². The fraction of sp³-hybridized carbons (Fsp3) is 0.400. The molecular weight excluding hydrogens is 332 g/mol. The molecule has 1 fully saturated rings. The molecule has 6 heteroatoms. The molecule has 1 aromatic heterocycles. The van der Waals surface area contributed by atoms with Gasteiger partial charge in [0.25, 0.3) is 0 Å². The van der Waals surface area contributed by atoms with Crippen LogP contribution in [0.2, 0.25) is 0 Å². The Morgan fingerprint density at radius 2 is 1.77 bits per heavy atom. The van der Waals surface area contributed by atoms with Gasteiger partial charge in [0, 0.05) is 5.56 Å². The monoisotopic (exact) mass is 354 g/mol. The number of carbonyl (C=O) groups is 2. The van der Waals surface area contributed by atoms with Crippen LogP contribution in [0.25, 0.3) is 11.3 Å². The minimum absolute atomic E-state index is 0.0206. The Bertz CT molecular complexity index is 809. The van der Waals surface area contributed by atoms with Crippen LogP contribution in [-0.2, 0) is 9.53 Å². The molecule has 0 amide bonds. The maximum atomic E-state index is 11.6. The second-order valence-electron chi connectivity index (χ2n) is 6.69. The number of carboxylic acids is 1. The van der Waals surface area contributed by atoms with Crippen molar-refractivity contribution in [1.82, 2.24) is 9.97 Å². The van der Waals surface area contributed by atoms with Gasteiger partial charge in [-0.25, -0.2) is 9.78 Å². The van der Waals surface area contributed by atoms with Gasteiger partial charge < -0.3 is 9.84 Å². The Kier molecular flexibility index (Phi) is 5.30. The first-order valence-corrected chi connectivity index (χ1v) is 8.74.